The maximum atomic E-state index is 5.53. The SMILES string of the molecule is Cl.Cn1cc2cc(N)cnc2n1. The number of nitrogen functional groups attached to an aromatic ring is 1. The molecule has 5 heteroatoms. The van der Waals surface area contributed by atoms with Crippen molar-refractivity contribution in [3.8, 4) is 0 Å². The number of aryl methyl sites for hydroxylation is 1. The van der Waals surface area contributed by atoms with Crippen LogP contribution in [0.1, 0.15) is 0 Å². The molecule has 12 heavy (non-hydrogen) atoms. The predicted octanol–water partition coefficient (Wildman–Crippen LogP) is 0.972. The van der Waals surface area contributed by atoms with Gasteiger partial charge in [-0.15, -0.1) is 12.4 Å². The molecule has 0 unspecified atom stereocenters. The first kappa shape index (κ1) is 8.80. The summed E-state index contributed by atoms with van der Waals surface area (Å²) in [6.07, 6.45) is 3.49. The number of nitrogens with zero attached hydrogens (tertiary/aromatic N) is 3. The van der Waals surface area contributed by atoms with E-state index in [1.807, 2.05) is 19.3 Å². The second-order valence-electron chi connectivity index (χ2n) is 2.48. The van der Waals surface area contributed by atoms with Gasteiger partial charge in [0.25, 0.3) is 0 Å². The zero-order valence-corrected chi connectivity index (χ0v) is 7.38. The fourth-order valence-corrected chi connectivity index (χ4v) is 1.05. The van der Waals surface area contributed by atoms with Crippen LogP contribution in [-0.2, 0) is 7.05 Å². The highest BCUT2D eigenvalue weighted by Gasteiger charge is 1.97. The van der Waals surface area contributed by atoms with E-state index in [0.717, 1.165) is 11.0 Å². The van der Waals surface area contributed by atoms with E-state index in [1.165, 1.54) is 0 Å². The first-order chi connectivity index (χ1) is 5.25. The van der Waals surface area contributed by atoms with Gasteiger partial charge in [0, 0.05) is 18.6 Å². The van der Waals surface area contributed by atoms with Gasteiger partial charge in [-0.2, -0.15) is 5.10 Å². The number of hydrogen-bond acceptors (Lipinski definition) is 3. The number of nitrogens with two attached hydrogens (primary N) is 1. The second kappa shape index (κ2) is 2.98. The third kappa shape index (κ3) is 1.33. The summed E-state index contributed by atoms with van der Waals surface area (Å²) < 4.78 is 1.72. The molecular formula is C7H9ClN4. The third-order valence-corrected chi connectivity index (χ3v) is 1.49. The Labute approximate surface area is 75.8 Å². The predicted molar refractivity (Wildman–Crippen MR) is 50.2 cm³/mol. The first-order valence-corrected chi connectivity index (χ1v) is 3.30. The average molecular weight is 185 g/mol. The molecule has 0 fully saturated rings. The molecule has 0 amide bonds. The molecule has 2 N–H and O–H groups in total. The summed E-state index contributed by atoms with van der Waals surface area (Å²) in [5.41, 5.74) is 6.94. The Balaban J connectivity index is 0.000000720. The maximum absolute atomic E-state index is 5.53. The van der Waals surface area contributed by atoms with E-state index < -0.39 is 0 Å². The Morgan fingerprint density at radius 3 is 3.00 bits per heavy atom. The summed E-state index contributed by atoms with van der Waals surface area (Å²) in [5.74, 6) is 0. The molecule has 0 radical (unpaired) electrons. The molecule has 0 aliphatic heterocycles. The van der Waals surface area contributed by atoms with Crippen molar-refractivity contribution in [1.82, 2.24) is 14.8 Å². The van der Waals surface area contributed by atoms with Crippen LogP contribution in [0.3, 0.4) is 0 Å². The molecule has 0 bridgehead atoms. The lowest BCUT2D eigenvalue weighted by atomic mass is 10.3. The van der Waals surface area contributed by atoms with Crippen molar-refractivity contribution in [2.24, 2.45) is 7.05 Å². The number of halogens is 1. The van der Waals surface area contributed by atoms with E-state index in [2.05, 4.69) is 10.1 Å². The van der Waals surface area contributed by atoms with E-state index in [9.17, 15) is 0 Å². The second-order valence-corrected chi connectivity index (χ2v) is 2.48. The highest BCUT2D eigenvalue weighted by molar-refractivity contribution is 5.85. The molecule has 0 aromatic carbocycles. The van der Waals surface area contributed by atoms with Crippen molar-refractivity contribution in [1.29, 1.82) is 0 Å². The number of aromatic nitrogens is 3. The van der Waals surface area contributed by atoms with Crippen LogP contribution in [0.15, 0.2) is 18.5 Å². The Morgan fingerprint density at radius 1 is 1.50 bits per heavy atom. The van der Waals surface area contributed by atoms with Crippen molar-refractivity contribution in [2.45, 2.75) is 0 Å². The molecule has 0 saturated heterocycles. The van der Waals surface area contributed by atoms with Gasteiger partial charge >= 0.3 is 0 Å². The van der Waals surface area contributed by atoms with Gasteiger partial charge in [0.2, 0.25) is 0 Å². The third-order valence-electron chi connectivity index (χ3n) is 1.49. The molecule has 64 valence electrons. The largest absolute Gasteiger partial charge is 0.397 e. The number of pyridine rings is 1. The monoisotopic (exact) mass is 184 g/mol. The standard InChI is InChI=1S/C7H8N4.ClH/c1-11-4-5-2-6(8)3-9-7(5)10-11;/h2-4H,8H2,1H3;1H. The van der Waals surface area contributed by atoms with Gasteiger partial charge in [0.1, 0.15) is 0 Å². The van der Waals surface area contributed by atoms with E-state index in [1.54, 1.807) is 10.9 Å². The first-order valence-electron chi connectivity index (χ1n) is 3.30. The van der Waals surface area contributed by atoms with E-state index in [4.69, 9.17) is 5.73 Å². The van der Waals surface area contributed by atoms with E-state index >= 15 is 0 Å². The van der Waals surface area contributed by atoms with Crippen LogP contribution in [0, 0.1) is 0 Å². The van der Waals surface area contributed by atoms with E-state index in [-0.39, 0.29) is 12.4 Å². The summed E-state index contributed by atoms with van der Waals surface area (Å²) in [6, 6.07) is 1.86. The smallest absolute Gasteiger partial charge is 0.181 e. The van der Waals surface area contributed by atoms with Crippen LogP contribution >= 0.6 is 12.4 Å². The van der Waals surface area contributed by atoms with Crippen molar-refractivity contribution in [3.63, 3.8) is 0 Å². The van der Waals surface area contributed by atoms with Crippen molar-refractivity contribution in [3.05, 3.63) is 18.5 Å². The minimum atomic E-state index is 0. The Morgan fingerprint density at radius 2 is 2.25 bits per heavy atom. The molecule has 0 aliphatic carbocycles. The number of fused-ring (bicyclic) bond motifs is 1. The molecule has 0 atom stereocenters. The van der Waals surface area contributed by atoms with E-state index in [0.29, 0.717) is 5.69 Å². The summed E-state index contributed by atoms with van der Waals surface area (Å²) >= 11 is 0. The van der Waals surface area contributed by atoms with Crippen LogP contribution in [-0.4, -0.2) is 14.8 Å². The van der Waals surface area contributed by atoms with Crippen molar-refractivity contribution < 1.29 is 0 Å². The van der Waals surface area contributed by atoms with Crippen LogP contribution in [0.25, 0.3) is 11.0 Å². The molecule has 0 spiro atoms. The fraction of sp³-hybridized carbons (Fsp3) is 0.143. The van der Waals surface area contributed by atoms with Crippen LogP contribution in [0.5, 0.6) is 0 Å². The van der Waals surface area contributed by atoms with Gasteiger partial charge in [-0.25, -0.2) is 4.98 Å². The molecule has 2 rings (SSSR count). The molecule has 2 aromatic rings. The van der Waals surface area contributed by atoms with Crippen molar-refractivity contribution in [2.75, 3.05) is 5.73 Å². The summed E-state index contributed by atoms with van der Waals surface area (Å²) in [5, 5.41) is 5.08. The highest BCUT2D eigenvalue weighted by Crippen LogP contribution is 2.11. The minimum Gasteiger partial charge on any atom is -0.397 e. The Hall–Kier alpha value is -1.29. The number of anilines is 1. The molecule has 2 aromatic heterocycles. The molecule has 0 aliphatic rings. The minimum absolute atomic E-state index is 0. The van der Waals surface area contributed by atoms with Crippen LogP contribution < -0.4 is 5.73 Å². The summed E-state index contributed by atoms with van der Waals surface area (Å²) in [7, 11) is 1.86. The molecular weight excluding hydrogens is 176 g/mol. The normalized spacial score (nSPS) is 9.75. The average Bonchev–Trinajstić information content (AvgIpc) is 2.27. The van der Waals surface area contributed by atoms with Gasteiger partial charge in [0.05, 0.1) is 11.9 Å². The van der Waals surface area contributed by atoms with Crippen molar-refractivity contribution >= 4 is 29.1 Å². The van der Waals surface area contributed by atoms with Gasteiger partial charge in [-0.05, 0) is 6.07 Å². The quantitative estimate of drug-likeness (QED) is 0.664. The Bertz CT molecular complexity index is 395. The lowest BCUT2D eigenvalue weighted by molar-refractivity contribution is 0.776. The highest BCUT2D eigenvalue weighted by atomic mass is 35.5. The fourth-order valence-electron chi connectivity index (χ4n) is 1.05. The van der Waals surface area contributed by atoms with Crippen LogP contribution in [0.2, 0.25) is 0 Å². The molecule has 4 nitrogen and oxygen atoms in total. The molecule has 0 saturated carbocycles. The summed E-state index contributed by atoms with van der Waals surface area (Å²) in [6.45, 7) is 0. The number of rotatable bonds is 0. The van der Waals surface area contributed by atoms with Crippen LogP contribution in [0.4, 0.5) is 5.69 Å². The topological polar surface area (TPSA) is 56.7 Å². The zero-order valence-electron chi connectivity index (χ0n) is 6.56. The lowest BCUT2D eigenvalue weighted by Gasteiger charge is -1.88. The zero-order chi connectivity index (χ0) is 7.84. The van der Waals surface area contributed by atoms with Gasteiger partial charge in [-0.3, -0.25) is 4.68 Å². The Kier molecular flexibility index (Phi) is 2.19. The lowest BCUT2D eigenvalue weighted by Crippen LogP contribution is -1.87. The van der Waals surface area contributed by atoms with Gasteiger partial charge < -0.3 is 5.73 Å². The summed E-state index contributed by atoms with van der Waals surface area (Å²) in [4.78, 5) is 4.04. The van der Waals surface area contributed by atoms with Gasteiger partial charge in [0.15, 0.2) is 5.65 Å². The van der Waals surface area contributed by atoms with Gasteiger partial charge in [-0.1, -0.05) is 0 Å². The maximum Gasteiger partial charge on any atom is 0.181 e. The molecule has 2 heterocycles. The number of hydrogen-bond donors (Lipinski definition) is 1.